The second kappa shape index (κ2) is 16.9. The molecule has 0 saturated heterocycles. The minimum atomic E-state index is -0.350. The van der Waals surface area contributed by atoms with E-state index >= 15 is 0 Å². The molecule has 0 amide bonds. The van der Waals surface area contributed by atoms with E-state index in [2.05, 4.69) is 65.6 Å². The quantitative estimate of drug-likeness (QED) is 0.136. The third-order valence-electron chi connectivity index (χ3n) is 7.50. The van der Waals surface area contributed by atoms with Crippen LogP contribution >= 0.6 is 0 Å². The summed E-state index contributed by atoms with van der Waals surface area (Å²) in [5.41, 5.74) is 6.56. The fourth-order valence-corrected chi connectivity index (χ4v) is 4.97. The first-order valence-corrected chi connectivity index (χ1v) is 14.8. The van der Waals surface area contributed by atoms with Crippen LogP contribution in [-0.4, -0.2) is 44.1 Å². The van der Waals surface area contributed by atoms with Crippen LogP contribution in [0.4, 0.5) is 0 Å². The maximum atomic E-state index is 11.8. The molecule has 0 fully saturated rings. The largest absolute Gasteiger partial charge is 0.489 e. The van der Waals surface area contributed by atoms with E-state index in [4.69, 9.17) is 14.2 Å². The molecule has 6 nitrogen and oxygen atoms in total. The molecule has 0 N–H and O–H groups in total. The second-order valence-corrected chi connectivity index (χ2v) is 10.6. The number of hydrogen-bond acceptors (Lipinski definition) is 6. The van der Waals surface area contributed by atoms with Crippen LogP contribution in [0, 0.1) is 0 Å². The summed E-state index contributed by atoms with van der Waals surface area (Å²) in [6.07, 6.45) is 3.92. The number of para-hydroxylation sites is 1. The average Bonchev–Trinajstić information content (AvgIpc) is 3.06. The van der Waals surface area contributed by atoms with Crippen molar-refractivity contribution in [1.82, 2.24) is 4.90 Å². The smallest absolute Gasteiger partial charge is 0.337 e. The molecule has 224 valence electrons. The molecule has 4 aromatic rings. The summed E-state index contributed by atoms with van der Waals surface area (Å²) in [5, 5.41) is 0. The number of rotatable bonds is 16. The summed E-state index contributed by atoms with van der Waals surface area (Å²) in [4.78, 5) is 25.8. The van der Waals surface area contributed by atoms with Crippen LogP contribution in [0.1, 0.15) is 51.0 Å². The van der Waals surface area contributed by atoms with Crippen molar-refractivity contribution in [1.29, 1.82) is 0 Å². The Morgan fingerprint density at radius 2 is 1.26 bits per heavy atom. The first-order valence-electron chi connectivity index (χ1n) is 14.8. The minimum absolute atomic E-state index is 0.203. The lowest BCUT2D eigenvalue weighted by atomic mass is 10.0. The number of ether oxygens (including phenoxy) is 3. The number of aryl methyl sites for hydroxylation is 2. The maximum absolute atomic E-state index is 11.8. The third kappa shape index (κ3) is 10.4. The lowest BCUT2D eigenvalue weighted by Crippen LogP contribution is -2.27. The zero-order valence-electron chi connectivity index (χ0n) is 25.2. The molecule has 0 saturated carbocycles. The van der Waals surface area contributed by atoms with E-state index in [-0.39, 0.29) is 11.9 Å². The Labute approximate surface area is 255 Å². The number of carbonyl (C=O) groups is 2. The van der Waals surface area contributed by atoms with Crippen molar-refractivity contribution in [2.45, 2.75) is 45.3 Å². The van der Waals surface area contributed by atoms with Crippen molar-refractivity contribution in [3.05, 3.63) is 137 Å². The van der Waals surface area contributed by atoms with Crippen molar-refractivity contribution in [2.75, 3.05) is 27.3 Å². The lowest BCUT2D eigenvalue weighted by molar-refractivity contribution is -0.140. The van der Waals surface area contributed by atoms with Gasteiger partial charge in [0.25, 0.3) is 0 Å². The molecule has 0 aliphatic heterocycles. The topological polar surface area (TPSA) is 65.1 Å². The van der Waals surface area contributed by atoms with E-state index in [1.807, 2.05) is 30.3 Å². The summed E-state index contributed by atoms with van der Waals surface area (Å²) < 4.78 is 15.9. The molecular weight excluding hydrogens is 538 g/mol. The predicted octanol–water partition coefficient (Wildman–Crippen LogP) is 6.84. The summed E-state index contributed by atoms with van der Waals surface area (Å²) in [6, 6.07) is 34.9. The van der Waals surface area contributed by atoms with Gasteiger partial charge >= 0.3 is 11.9 Å². The number of methoxy groups -OCH3 is 2. The lowest BCUT2D eigenvalue weighted by Gasteiger charge is -2.23. The van der Waals surface area contributed by atoms with Gasteiger partial charge in [-0.3, -0.25) is 9.69 Å². The van der Waals surface area contributed by atoms with Gasteiger partial charge in [-0.05, 0) is 78.2 Å². The molecule has 0 radical (unpaired) electrons. The van der Waals surface area contributed by atoms with Gasteiger partial charge in [0.2, 0.25) is 0 Å². The Balaban J connectivity index is 1.33. The van der Waals surface area contributed by atoms with Crippen LogP contribution in [0.3, 0.4) is 0 Å². The van der Waals surface area contributed by atoms with Crippen LogP contribution in [0.2, 0.25) is 0 Å². The Bertz CT molecular complexity index is 1420. The van der Waals surface area contributed by atoms with Crippen molar-refractivity contribution in [2.24, 2.45) is 0 Å². The number of carbonyl (C=O) groups excluding carboxylic acids is 2. The van der Waals surface area contributed by atoms with Crippen LogP contribution in [0.25, 0.3) is 0 Å². The van der Waals surface area contributed by atoms with E-state index in [1.165, 1.54) is 25.3 Å². The molecule has 4 rings (SSSR count). The van der Waals surface area contributed by atoms with E-state index in [1.54, 1.807) is 12.1 Å². The number of nitrogens with zero attached hydrogens (tertiary/aromatic N) is 1. The minimum Gasteiger partial charge on any atom is -0.489 e. The predicted molar refractivity (Wildman–Crippen MR) is 169 cm³/mol. The molecule has 0 aliphatic rings. The molecule has 0 unspecified atom stereocenters. The monoisotopic (exact) mass is 579 g/mol. The van der Waals surface area contributed by atoms with Crippen molar-refractivity contribution < 1.29 is 23.8 Å². The zero-order chi connectivity index (χ0) is 30.3. The number of benzene rings is 4. The van der Waals surface area contributed by atoms with E-state index in [9.17, 15) is 9.59 Å². The first-order chi connectivity index (χ1) is 21.0. The van der Waals surface area contributed by atoms with E-state index < -0.39 is 0 Å². The number of esters is 2. The third-order valence-corrected chi connectivity index (χ3v) is 7.50. The summed E-state index contributed by atoms with van der Waals surface area (Å²) in [6.45, 7) is 2.73. The normalized spacial score (nSPS) is 10.9. The summed E-state index contributed by atoms with van der Waals surface area (Å²) >= 11 is 0. The Morgan fingerprint density at radius 1 is 0.628 bits per heavy atom. The molecule has 0 heterocycles. The highest BCUT2D eigenvalue weighted by molar-refractivity contribution is 5.89. The Morgan fingerprint density at radius 3 is 1.95 bits per heavy atom. The molecule has 4 aromatic carbocycles. The van der Waals surface area contributed by atoms with Gasteiger partial charge in [-0.2, -0.15) is 0 Å². The van der Waals surface area contributed by atoms with Gasteiger partial charge in [0.05, 0.1) is 19.8 Å². The average molecular weight is 580 g/mol. The SMILES string of the molecule is COC(=O)CCCN(CCc1ccccc1OCc1ccc(CCc2ccccc2)cc1)Cc1ccc(C(=O)OC)cc1. The highest BCUT2D eigenvalue weighted by Crippen LogP contribution is 2.21. The van der Waals surface area contributed by atoms with Crippen molar-refractivity contribution in [3.63, 3.8) is 0 Å². The molecule has 0 bridgehead atoms. The van der Waals surface area contributed by atoms with Crippen molar-refractivity contribution in [3.8, 4) is 5.75 Å². The van der Waals surface area contributed by atoms with Gasteiger partial charge in [-0.25, -0.2) is 4.79 Å². The van der Waals surface area contributed by atoms with E-state index in [0.29, 0.717) is 31.6 Å². The molecule has 0 spiro atoms. The van der Waals surface area contributed by atoms with Gasteiger partial charge in [-0.1, -0.05) is 84.9 Å². The van der Waals surface area contributed by atoms with Crippen LogP contribution < -0.4 is 4.74 Å². The van der Waals surface area contributed by atoms with Crippen LogP contribution in [0.5, 0.6) is 5.75 Å². The Hall–Kier alpha value is -4.42. The van der Waals surface area contributed by atoms with E-state index in [0.717, 1.165) is 54.8 Å². The second-order valence-electron chi connectivity index (χ2n) is 10.6. The van der Waals surface area contributed by atoms with Crippen LogP contribution in [0.15, 0.2) is 103 Å². The highest BCUT2D eigenvalue weighted by Gasteiger charge is 2.12. The molecule has 0 aliphatic carbocycles. The van der Waals surface area contributed by atoms with Gasteiger partial charge in [0.15, 0.2) is 0 Å². The maximum Gasteiger partial charge on any atom is 0.337 e. The standard InChI is InChI=1S/C37H41NO5/c1-41-36(39)13-8-25-38(27-31-20-22-34(23-21-31)37(40)42-2)26-24-33-11-6-7-12-35(33)43-28-32-18-16-30(17-19-32)15-14-29-9-4-3-5-10-29/h3-7,9-12,16-23H,8,13-15,24-28H2,1-2H3. The highest BCUT2D eigenvalue weighted by atomic mass is 16.5. The number of hydrogen-bond donors (Lipinski definition) is 0. The van der Waals surface area contributed by atoms with Gasteiger partial charge < -0.3 is 14.2 Å². The van der Waals surface area contributed by atoms with Gasteiger partial charge in [-0.15, -0.1) is 0 Å². The van der Waals surface area contributed by atoms with Gasteiger partial charge in [0, 0.05) is 19.5 Å². The zero-order valence-corrected chi connectivity index (χ0v) is 25.2. The first kappa shape index (κ1) is 31.5. The Kier molecular flexibility index (Phi) is 12.4. The molecule has 43 heavy (non-hydrogen) atoms. The molecular formula is C37H41NO5. The van der Waals surface area contributed by atoms with Crippen molar-refractivity contribution >= 4 is 11.9 Å². The fourth-order valence-electron chi connectivity index (χ4n) is 4.97. The van der Waals surface area contributed by atoms with Gasteiger partial charge in [0.1, 0.15) is 12.4 Å². The van der Waals surface area contributed by atoms with Crippen LogP contribution in [-0.2, 0) is 46.7 Å². The fraction of sp³-hybridized carbons (Fsp3) is 0.297. The molecule has 0 atom stereocenters. The summed E-state index contributed by atoms with van der Waals surface area (Å²) in [5.74, 6) is 0.329. The molecule has 0 aromatic heterocycles. The molecule has 6 heteroatoms. The summed E-state index contributed by atoms with van der Waals surface area (Å²) in [7, 11) is 2.80.